The van der Waals surface area contributed by atoms with Crippen LogP contribution in [0.2, 0.25) is 0 Å². The SMILES string of the molecule is Cc1ccc(-n2ccnc2SCC(=O)Nc2cc(F)ccc2C)cc1C. The molecule has 134 valence electrons. The van der Waals surface area contributed by atoms with Gasteiger partial charge in [-0.3, -0.25) is 9.36 Å². The van der Waals surface area contributed by atoms with Gasteiger partial charge in [0.1, 0.15) is 5.82 Å². The lowest BCUT2D eigenvalue weighted by molar-refractivity contribution is -0.113. The molecule has 6 heteroatoms. The number of imidazole rings is 1. The molecular weight excluding hydrogens is 349 g/mol. The number of nitrogens with zero attached hydrogens (tertiary/aromatic N) is 2. The summed E-state index contributed by atoms with van der Waals surface area (Å²) < 4.78 is 15.3. The van der Waals surface area contributed by atoms with Crippen LogP contribution in [0.4, 0.5) is 10.1 Å². The summed E-state index contributed by atoms with van der Waals surface area (Å²) in [5, 5.41) is 3.49. The first-order valence-corrected chi connectivity index (χ1v) is 9.22. The van der Waals surface area contributed by atoms with E-state index in [2.05, 4.69) is 36.3 Å². The molecule has 0 atom stereocenters. The Morgan fingerprint density at radius 1 is 1.12 bits per heavy atom. The lowest BCUT2D eigenvalue weighted by Crippen LogP contribution is -2.15. The van der Waals surface area contributed by atoms with E-state index in [9.17, 15) is 9.18 Å². The lowest BCUT2D eigenvalue weighted by atomic mass is 10.1. The lowest BCUT2D eigenvalue weighted by Gasteiger charge is -2.11. The Labute approximate surface area is 156 Å². The van der Waals surface area contributed by atoms with Gasteiger partial charge in [-0.2, -0.15) is 0 Å². The Bertz CT molecular complexity index is 952. The molecule has 3 rings (SSSR count). The molecule has 0 fully saturated rings. The monoisotopic (exact) mass is 369 g/mol. The predicted octanol–water partition coefficient (Wildman–Crippen LogP) is 4.67. The van der Waals surface area contributed by atoms with Crippen molar-refractivity contribution in [2.75, 3.05) is 11.1 Å². The Balaban J connectivity index is 1.69. The van der Waals surface area contributed by atoms with E-state index in [1.54, 1.807) is 12.3 Å². The number of aryl methyl sites for hydroxylation is 3. The van der Waals surface area contributed by atoms with Gasteiger partial charge in [-0.05, 0) is 61.7 Å². The second kappa shape index (κ2) is 7.74. The van der Waals surface area contributed by atoms with Crippen molar-refractivity contribution in [1.29, 1.82) is 0 Å². The number of nitrogens with one attached hydrogen (secondary N) is 1. The third-order valence-electron chi connectivity index (χ3n) is 4.18. The van der Waals surface area contributed by atoms with Crippen LogP contribution in [0.15, 0.2) is 53.9 Å². The fourth-order valence-electron chi connectivity index (χ4n) is 2.51. The summed E-state index contributed by atoms with van der Waals surface area (Å²) >= 11 is 1.34. The molecule has 0 aliphatic carbocycles. The van der Waals surface area contributed by atoms with E-state index in [4.69, 9.17) is 0 Å². The smallest absolute Gasteiger partial charge is 0.234 e. The van der Waals surface area contributed by atoms with Gasteiger partial charge in [0.15, 0.2) is 5.16 Å². The van der Waals surface area contributed by atoms with Crippen molar-refractivity contribution in [3.05, 3.63) is 71.3 Å². The molecule has 0 aliphatic heterocycles. The van der Waals surface area contributed by atoms with Gasteiger partial charge in [-0.25, -0.2) is 9.37 Å². The molecule has 0 bridgehead atoms. The highest BCUT2D eigenvalue weighted by Crippen LogP contribution is 2.23. The van der Waals surface area contributed by atoms with Crippen LogP contribution in [0.25, 0.3) is 5.69 Å². The number of aromatic nitrogens is 2. The van der Waals surface area contributed by atoms with Crippen molar-refractivity contribution < 1.29 is 9.18 Å². The summed E-state index contributed by atoms with van der Waals surface area (Å²) in [5.74, 6) is -0.375. The summed E-state index contributed by atoms with van der Waals surface area (Å²) in [6.45, 7) is 5.97. The fourth-order valence-corrected chi connectivity index (χ4v) is 3.29. The zero-order chi connectivity index (χ0) is 18.7. The van der Waals surface area contributed by atoms with Gasteiger partial charge in [0.05, 0.1) is 5.75 Å². The third kappa shape index (κ3) is 4.14. The number of hydrogen-bond donors (Lipinski definition) is 1. The average molecular weight is 369 g/mol. The quantitative estimate of drug-likeness (QED) is 0.665. The minimum atomic E-state index is -0.371. The number of carbonyl (C=O) groups excluding carboxylic acids is 1. The van der Waals surface area contributed by atoms with Crippen LogP contribution in [0.3, 0.4) is 0 Å². The minimum absolute atomic E-state index is 0.192. The Hall–Kier alpha value is -2.60. The maximum absolute atomic E-state index is 13.3. The van der Waals surface area contributed by atoms with Gasteiger partial charge in [0.2, 0.25) is 5.91 Å². The van der Waals surface area contributed by atoms with Crippen molar-refractivity contribution in [3.63, 3.8) is 0 Å². The summed E-state index contributed by atoms with van der Waals surface area (Å²) in [4.78, 5) is 16.6. The van der Waals surface area contributed by atoms with Crippen LogP contribution in [-0.4, -0.2) is 21.2 Å². The summed E-state index contributed by atoms with van der Waals surface area (Å²) in [5.41, 5.74) is 4.75. The molecule has 0 unspecified atom stereocenters. The van der Waals surface area contributed by atoms with Crippen molar-refractivity contribution in [2.24, 2.45) is 0 Å². The molecule has 1 N–H and O–H groups in total. The largest absolute Gasteiger partial charge is 0.325 e. The van der Waals surface area contributed by atoms with Crippen LogP contribution < -0.4 is 5.32 Å². The van der Waals surface area contributed by atoms with Gasteiger partial charge < -0.3 is 5.32 Å². The molecule has 26 heavy (non-hydrogen) atoms. The molecule has 3 aromatic rings. The number of anilines is 1. The van der Waals surface area contributed by atoms with E-state index in [1.165, 1.54) is 35.0 Å². The van der Waals surface area contributed by atoms with Gasteiger partial charge in [0, 0.05) is 23.8 Å². The van der Waals surface area contributed by atoms with Crippen LogP contribution in [-0.2, 0) is 4.79 Å². The van der Waals surface area contributed by atoms with E-state index in [1.807, 2.05) is 23.8 Å². The van der Waals surface area contributed by atoms with Crippen LogP contribution in [0.5, 0.6) is 0 Å². The highest BCUT2D eigenvalue weighted by Gasteiger charge is 2.11. The minimum Gasteiger partial charge on any atom is -0.325 e. The number of halogens is 1. The molecule has 1 heterocycles. The second-order valence-corrected chi connectivity index (χ2v) is 7.09. The van der Waals surface area contributed by atoms with Crippen molar-refractivity contribution in [1.82, 2.24) is 9.55 Å². The van der Waals surface area contributed by atoms with Crippen molar-refractivity contribution >= 4 is 23.4 Å². The number of rotatable bonds is 5. The topological polar surface area (TPSA) is 46.9 Å². The fraction of sp³-hybridized carbons (Fsp3) is 0.200. The molecule has 0 saturated heterocycles. The van der Waals surface area contributed by atoms with E-state index in [-0.39, 0.29) is 17.5 Å². The molecule has 1 amide bonds. The number of thioether (sulfide) groups is 1. The maximum Gasteiger partial charge on any atom is 0.234 e. The second-order valence-electron chi connectivity index (χ2n) is 6.14. The van der Waals surface area contributed by atoms with Crippen LogP contribution in [0.1, 0.15) is 16.7 Å². The predicted molar refractivity (Wildman–Crippen MR) is 104 cm³/mol. The first-order valence-electron chi connectivity index (χ1n) is 8.24. The summed E-state index contributed by atoms with van der Waals surface area (Å²) in [6, 6.07) is 10.5. The Morgan fingerprint density at radius 3 is 2.65 bits per heavy atom. The van der Waals surface area contributed by atoms with Gasteiger partial charge in [-0.1, -0.05) is 23.9 Å². The molecular formula is C20H20FN3OS. The summed E-state index contributed by atoms with van der Waals surface area (Å²) in [6.07, 6.45) is 3.59. The molecule has 0 radical (unpaired) electrons. The highest BCUT2D eigenvalue weighted by molar-refractivity contribution is 7.99. The zero-order valence-corrected chi connectivity index (χ0v) is 15.7. The molecule has 2 aromatic carbocycles. The van der Waals surface area contributed by atoms with Crippen LogP contribution >= 0.6 is 11.8 Å². The Morgan fingerprint density at radius 2 is 1.88 bits per heavy atom. The Kier molecular flexibility index (Phi) is 5.42. The van der Waals surface area contributed by atoms with Gasteiger partial charge in [-0.15, -0.1) is 0 Å². The standard InChI is InChI=1S/C20H20FN3OS/c1-13-5-7-17(10-15(13)3)24-9-8-22-20(24)26-12-19(25)23-18-11-16(21)6-4-14(18)2/h4-11H,12H2,1-3H3,(H,23,25). The molecule has 1 aromatic heterocycles. The first kappa shape index (κ1) is 18.2. The number of amides is 1. The van der Waals surface area contributed by atoms with Crippen LogP contribution in [0, 0.1) is 26.6 Å². The number of benzene rings is 2. The third-order valence-corrected chi connectivity index (χ3v) is 5.15. The number of hydrogen-bond acceptors (Lipinski definition) is 3. The molecule has 0 aliphatic rings. The molecule has 0 spiro atoms. The molecule has 0 saturated carbocycles. The van der Waals surface area contributed by atoms with Crippen molar-refractivity contribution in [2.45, 2.75) is 25.9 Å². The van der Waals surface area contributed by atoms with E-state index >= 15 is 0 Å². The molecule has 4 nitrogen and oxygen atoms in total. The maximum atomic E-state index is 13.3. The normalized spacial score (nSPS) is 10.8. The van der Waals surface area contributed by atoms with E-state index in [0.717, 1.165) is 16.4 Å². The summed E-state index contributed by atoms with van der Waals surface area (Å²) in [7, 11) is 0. The van der Waals surface area contributed by atoms with Crippen molar-refractivity contribution in [3.8, 4) is 5.69 Å². The van der Waals surface area contributed by atoms with E-state index < -0.39 is 0 Å². The van der Waals surface area contributed by atoms with Gasteiger partial charge in [0.25, 0.3) is 0 Å². The van der Waals surface area contributed by atoms with Gasteiger partial charge >= 0.3 is 0 Å². The highest BCUT2D eigenvalue weighted by atomic mass is 32.2. The van der Waals surface area contributed by atoms with E-state index in [0.29, 0.717) is 5.69 Å². The first-order chi connectivity index (χ1) is 12.4. The average Bonchev–Trinajstić information content (AvgIpc) is 3.07. The number of carbonyl (C=O) groups is 1. The zero-order valence-electron chi connectivity index (χ0n) is 14.9.